The minimum absolute atomic E-state index is 0.0186. The molecule has 2 heterocycles. The zero-order valence-electron chi connectivity index (χ0n) is 16.8. The minimum atomic E-state index is -4.92. The van der Waals surface area contributed by atoms with E-state index in [9.17, 15) is 35.9 Å². The second-order valence-electron chi connectivity index (χ2n) is 7.42. The highest BCUT2D eigenvalue weighted by Gasteiger charge is 2.61. The van der Waals surface area contributed by atoms with Crippen LogP contribution in [0.1, 0.15) is 35.3 Å². The summed E-state index contributed by atoms with van der Waals surface area (Å²) in [6, 6.07) is 4.73. The molecule has 3 rings (SSSR count). The molecule has 1 fully saturated rings. The van der Waals surface area contributed by atoms with Crippen molar-refractivity contribution in [2.45, 2.75) is 43.8 Å². The number of primary amides is 1. The molecule has 0 radical (unpaired) electrons. The molecule has 0 aliphatic carbocycles. The summed E-state index contributed by atoms with van der Waals surface area (Å²) in [5.41, 5.74) is 1.80. The van der Waals surface area contributed by atoms with Gasteiger partial charge < -0.3 is 20.5 Å². The van der Waals surface area contributed by atoms with E-state index in [1.54, 1.807) is 0 Å². The summed E-state index contributed by atoms with van der Waals surface area (Å²) in [5, 5.41) is 2.30. The Kier molecular flexibility index (Phi) is 6.54. The Morgan fingerprint density at radius 3 is 2.58 bits per heavy atom. The van der Waals surface area contributed by atoms with Gasteiger partial charge in [-0.3, -0.25) is 14.6 Å². The number of carbonyl (C=O) groups excluding carboxylic acids is 2. The molecule has 2 aromatic rings. The fraction of sp³-hybridized carbons (Fsp3) is 0.350. The Bertz CT molecular complexity index is 1060. The number of amides is 2. The number of rotatable bonds is 6. The van der Waals surface area contributed by atoms with Crippen LogP contribution in [0.25, 0.3) is 0 Å². The number of carbonyl (C=O) groups is 2. The van der Waals surface area contributed by atoms with Crippen molar-refractivity contribution >= 4 is 17.5 Å². The minimum Gasteiger partial charge on any atom is -0.434 e. The maximum Gasteiger partial charge on any atom is 0.417 e. The lowest BCUT2D eigenvalue weighted by molar-refractivity contribution is -0.261. The Labute approximate surface area is 182 Å². The highest BCUT2D eigenvalue weighted by Crippen LogP contribution is 2.51. The number of alkyl halides is 5. The first kappa shape index (κ1) is 24.3. The SMILES string of the molecule is C[C@@]1(C(F)(F)F)C[C@@H](c2ccc(F)cc2OC(F)F)[C@H](C(=O)Nc2ccnc(C(N)=O)c2)O1. The van der Waals surface area contributed by atoms with Crippen molar-refractivity contribution in [3.05, 3.63) is 53.6 Å². The number of benzene rings is 1. The Morgan fingerprint density at radius 2 is 1.97 bits per heavy atom. The molecule has 0 spiro atoms. The standard InChI is InChI=1S/C20H17F6N3O4/c1-19(20(24,25)26)8-12(11-3-2-9(21)6-14(11)32-18(22)23)15(33-19)17(31)29-10-4-5-28-13(7-10)16(27)30/h2-7,12,15,18H,8H2,1H3,(H2,27,30)(H,28,29,31)/t12-,15+,19-/m0/s1. The molecule has 1 aromatic carbocycles. The van der Waals surface area contributed by atoms with E-state index in [-0.39, 0.29) is 16.9 Å². The van der Waals surface area contributed by atoms with Crippen molar-refractivity contribution in [2.24, 2.45) is 5.73 Å². The van der Waals surface area contributed by atoms with Gasteiger partial charge in [0, 0.05) is 29.4 Å². The molecule has 0 bridgehead atoms. The normalized spacial score (nSPS) is 22.9. The second-order valence-corrected chi connectivity index (χ2v) is 7.42. The summed E-state index contributed by atoms with van der Waals surface area (Å²) >= 11 is 0. The van der Waals surface area contributed by atoms with Crippen LogP contribution in [0, 0.1) is 5.82 Å². The van der Waals surface area contributed by atoms with Gasteiger partial charge in [-0.1, -0.05) is 6.07 Å². The molecular formula is C20H17F6N3O4. The molecule has 3 N–H and O–H groups in total. The lowest BCUT2D eigenvalue weighted by Crippen LogP contribution is -2.43. The van der Waals surface area contributed by atoms with E-state index in [1.165, 1.54) is 6.07 Å². The van der Waals surface area contributed by atoms with Crippen LogP contribution in [0.15, 0.2) is 36.5 Å². The fourth-order valence-corrected chi connectivity index (χ4v) is 3.50. The van der Waals surface area contributed by atoms with Crippen LogP contribution in [0.2, 0.25) is 0 Å². The number of anilines is 1. The molecule has 0 unspecified atom stereocenters. The third kappa shape index (κ3) is 5.18. The lowest BCUT2D eigenvalue weighted by Gasteiger charge is -2.27. The second kappa shape index (κ2) is 8.89. The summed E-state index contributed by atoms with van der Waals surface area (Å²) < 4.78 is 89.7. The topological polar surface area (TPSA) is 104 Å². The van der Waals surface area contributed by atoms with Crippen molar-refractivity contribution in [2.75, 3.05) is 5.32 Å². The zero-order valence-corrected chi connectivity index (χ0v) is 16.8. The molecule has 1 aromatic heterocycles. The van der Waals surface area contributed by atoms with Crippen molar-refractivity contribution < 1.29 is 45.4 Å². The fourth-order valence-electron chi connectivity index (χ4n) is 3.50. The molecule has 178 valence electrons. The molecule has 3 atom stereocenters. The van der Waals surface area contributed by atoms with Crippen LogP contribution in [-0.4, -0.2) is 41.3 Å². The van der Waals surface area contributed by atoms with Gasteiger partial charge in [0.05, 0.1) is 0 Å². The van der Waals surface area contributed by atoms with Crippen LogP contribution in [0.5, 0.6) is 5.75 Å². The number of nitrogens with zero attached hydrogens (tertiary/aromatic N) is 1. The van der Waals surface area contributed by atoms with Crippen LogP contribution in [0.4, 0.5) is 32.0 Å². The van der Waals surface area contributed by atoms with Gasteiger partial charge in [0.1, 0.15) is 23.4 Å². The van der Waals surface area contributed by atoms with Crippen LogP contribution in [0.3, 0.4) is 0 Å². The monoisotopic (exact) mass is 477 g/mol. The van der Waals surface area contributed by atoms with Gasteiger partial charge >= 0.3 is 12.8 Å². The number of hydrogen-bond donors (Lipinski definition) is 2. The molecule has 0 saturated carbocycles. The highest BCUT2D eigenvalue weighted by atomic mass is 19.4. The quantitative estimate of drug-likeness (QED) is 0.617. The van der Waals surface area contributed by atoms with E-state index >= 15 is 0 Å². The highest BCUT2D eigenvalue weighted by molar-refractivity contribution is 5.97. The van der Waals surface area contributed by atoms with E-state index in [1.807, 2.05) is 0 Å². The third-order valence-electron chi connectivity index (χ3n) is 5.09. The third-order valence-corrected chi connectivity index (χ3v) is 5.09. The van der Waals surface area contributed by atoms with Crippen molar-refractivity contribution in [3.8, 4) is 5.75 Å². The molecular weight excluding hydrogens is 460 g/mol. The maximum atomic E-state index is 13.7. The van der Waals surface area contributed by atoms with Crippen LogP contribution < -0.4 is 15.8 Å². The number of halogens is 6. The van der Waals surface area contributed by atoms with Gasteiger partial charge in [0.25, 0.3) is 11.8 Å². The largest absolute Gasteiger partial charge is 0.434 e. The average Bonchev–Trinajstić information content (AvgIpc) is 3.07. The summed E-state index contributed by atoms with van der Waals surface area (Å²) in [5.74, 6) is -5.09. The molecule has 7 nitrogen and oxygen atoms in total. The Balaban J connectivity index is 2.00. The van der Waals surface area contributed by atoms with Gasteiger partial charge in [-0.25, -0.2) is 4.39 Å². The summed E-state index contributed by atoms with van der Waals surface area (Å²) in [6.07, 6.45) is -6.44. The van der Waals surface area contributed by atoms with Gasteiger partial charge in [-0.05, 0) is 31.5 Å². The molecule has 33 heavy (non-hydrogen) atoms. The van der Waals surface area contributed by atoms with Crippen molar-refractivity contribution in [3.63, 3.8) is 0 Å². The molecule has 1 saturated heterocycles. The van der Waals surface area contributed by atoms with Crippen molar-refractivity contribution in [1.82, 2.24) is 4.98 Å². The average molecular weight is 477 g/mol. The van der Waals surface area contributed by atoms with Crippen LogP contribution >= 0.6 is 0 Å². The van der Waals surface area contributed by atoms with E-state index in [2.05, 4.69) is 15.0 Å². The van der Waals surface area contributed by atoms with E-state index < -0.39 is 60.2 Å². The Morgan fingerprint density at radius 1 is 1.27 bits per heavy atom. The molecule has 2 amide bonds. The first-order valence-electron chi connectivity index (χ1n) is 9.36. The number of pyridine rings is 1. The predicted octanol–water partition coefficient (Wildman–Crippen LogP) is 3.75. The lowest BCUT2D eigenvalue weighted by atomic mass is 9.86. The van der Waals surface area contributed by atoms with Gasteiger partial charge in [-0.15, -0.1) is 0 Å². The molecule has 1 aliphatic heterocycles. The smallest absolute Gasteiger partial charge is 0.417 e. The maximum absolute atomic E-state index is 13.7. The first-order chi connectivity index (χ1) is 15.3. The van der Waals surface area contributed by atoms with E-state index in [0.29, 0.717) is 13.0 Å². The van der Waals surface area contributed by atoms with Gasteiger partial charge in [0.2, 0.25) is 0 Å². The summed E-state index contributed by atoms with van der Waals surface area (Å²) in [7, 11) is 0. The van der Waals surface area contributed by atoms with E-state index in [0.717, 1.165) is 24.4 Å². The Hall–Kier alpha value is -3.35. The number of hydrogen-bond acceptors (Lipinski definition) is 5. The number of aromatic nitrogens is 1. The predicted molar refractivity (Wildman–Crippen MR) is 101 cm³/mol. The van der Waals surface area contributed by atoms with Gasteiger partial charge in [0.15, 0.2) is 5.60 Å². The summed E-state index contributed by atoms with van der Waals surface area (Å²) in [4.78, 5) is 27.8. The number of ether oxygens (including phenoxy) is 2. The van der Waals surface area contributed by atoms with Crippen LogP contribution in [-0.2, 0) is 9.53 Å². The van der Waals surface area contributed by atoms with E-state index in [4.69, 9.17) is 10.5 Å². The van der Waals surface area contributed by atoms with Crippen molar-refractivity contribution in [1.29, 1.82) is 0 Å². The molecule has 13 heteroatoms. The summed E-state index contributed by atoms with van der Waals surface area (Å²) in [6.45, 7) is -2.68. The van der Waals surface area contributed by atoms with Gasteiger partial charge in [-0.2, -0.15) is 22.0 Å². The number of nitrogens with one attached hydrogen (secondary N) is 1. The zero-order chi connectivity index (χ0) is 24.6. The number of nitrogens with two attached hydrogens (primary N) is 1. The first-order valence-corrected chi connectivity index (χ1v) is 9.36. The molecule has 1 aliphatic rings.